The van der Waals surface area contributed by atoms with E-state index in [0.29, 0.717) is 0 Å². The van der Waals surface area contributed by atoms with Crippen molar-refractivity contribution in [1.29, 1.82) is 0 Å². The molecule has 0 aromatic rings. The molecular weight excluding hydrogens is 182 g/mol. The van der Waals surface area contributed by atoms with Crippen LogP contribution in [0, 0.1) is 17.3 Å². The van der Waals surface area contributed by atoms with Gasteiger partial charge in [0.25, 0.3) is 0 Å². The molecule has 0 radical (unpaired) electrons. The Morgan fingerprint density at radius 3 is 2.27 bits per heavy atom. The van der Waals surface area contributed by atoms with Crippen molar-refractivity contribution in [2.45, 2.75) is 59.4 Å². The highest BCUT2D eigenvalue weighted by molar-refractivity contribution is 5.02. The smallest absolute Gasteiger partial charge is 0.00560 e. The minimum Gasteiger partial charge on any atom is -0.300 e. The van der Waals surface area contributed by atoms with Crippen molar-refractivity contribution in [3.8, 4) is 0 Å². The van der Waals surface area contributed by atoms with E-state index >= 15 is 0 Å². The van der Waals surface area contributed by atoms with Gasteiger partial charge in [0.2, 0.25) is 0 Å². The van der Waals surface area contributed by atoms with Crippen LogP contribution in [0.5, 0.6) is 0 Å². The second-order valence-corrected chi connectivity index (χ2v) is 6.46. The van der Waals surface area contributed by atoms with Crippen LogP contribution in [0.2, 0.25) is 0 Å². The zero-order chi connectivity index (χ0) is 11.1. The van der Waals surface area contributed by atoms with E-state index in [1.165, 1.54) is 38.8 Å². The van der Waals surface area contributed by atoms with Crippen LogP contribution in [-0.4, -0.2) is 24.0 Å². The Morgan fingerprint density at radius 2 is 1.73 bits per heavy atom. The lowest BCUT2D eigenvalue weighted by atomic mass is 9.58. The summed E-state index contributed by atoms with van der Waals surface area (Å²) in [5.74, 6) is 1.89. The highest BCUT2D eigenvalue weighted by Gasteiger charge is 2.50. The van der Waals surface area contributed by atoms with Gasteiger partial charge < -0.3 is 0 Å². The molecule has 0 amide bonds. The number of nitrogens with zero attached hydrogens (tertiary/aromatic N) is 1. The largest absolute Gasteiger partial charge is 0.300 e. The molecule has 0 aromatic carbocycles. The summed E-state index contributed by atoms with van der Waals surface area (Å²) >= 11 is 0. The van der Waals surface area contributed by atoms with Gasteiger partial charge in [0, 0.05) is 19.1 Å². The van der Waals surface area contributed by atoms with E-state index in [0.717, 1.165) is 23.3 Å². The molecule has 0 aromatic heterocycles. The Kier molecular flexibility index (Phi) is 3.12. The lowest BCUT2D eigenvalue weighted by molar-refractivity contribution is -0.100. The van der Waals surface area contributed by atoms with E-state index in [1.807, 2.05) is 0 Å². The van der Waals surface area contributed by atoms with Gasteiger partial charge in [0.1, 0.15) is 0 Å². The van der Waals surface area contributed by atoms with Gasteiger partial charge in [0.15, 0.2) is 0 Å². The van der Waals surface area contributed by atoms with Crippen molar-refractivity contribution in [1.82, 2.24) is 4.90 Å². The lowest BCUT2D eigenvalue weighted by Crippen LogP contribution is -2.63. The molecule has 2 rings (SSSR count). The van der Waals surface area contributed by atoms with Crippen LogP contribution in [0.15, 0.2) is 0 Å². The molecule has 1 aliphatic heterocycles. The Bertz CT molecular complexity index is 213. The van der Waals surface area contributed by atoms with Crippen LogP contribution in [0.25, 0.3) is 0 Å². The van der Waals surface area contributed by atoms with Gasteiger partial charge in [-0.3, -0.25) is 4.90 Å². The van der Waals surface area contributed by atoms with Crippen molar-refractivity contribution in [2.24, 2.45) is 17.3 Å². The molecule has 1 heterocycles. The Labute approximate surface area is 95.2 Å². The van der Waals surface area contributed by atoms with Crippen molar-refractivity contribution in [3.05, 3.63) is 0 Å². The Balaban J connectivity index is 2.01. The van der Waals surface area contributed by atoms with E-state index < -0.39 is 0 Å². The van der Waals surface area contributed by atoms with Gasteiger partial charge in [-0.05, 0) is 43.9 Å². The first-order valence-electron chi connectivity index (χ1n) is 6.79. The second kappa shape index (κ2) is 4.08. The van der Waals surface area contributed by atoms with Crippen molar-refractivity contribution in [3.63, 3.8) is 0 Å². The number of hydrogen-bond acceptors (Lipinski definition) is 1. The average Bonchev–Trinajstić information content (AvgIpc) is 2.13. The van der Waals surface area contributed by atoms with E-state index in [-0.39, 0.29) is 0 Å². The monoisotopic (exact) mass is 209 g/mol. The standard InChI is InChI=1S/C14H27N/c1-11(2)13-7-5-6-8-14(13)9-15(10-14)12(3)4/h11-13H,5-10H2,1-4H3. The lowest BCUT2D eigenvalue weighted by Gasteiger charge is -2.59. The molecule has 2 fully saturated rings. The fourth-order valence-electron chi connectivity index (χ4n) is 3.89. The van der Waals surface area contributed by atoms with Crippen molar-refractivity contribution in [2.75, 3.05) is 13.1 Å². The predicted octanol–water partition coefficient (Wildman–Crippen LogP) is 3.54. The Hall–Kier alpha value is -0.0400. The van der Waals surface area contributed by atoms with E-state index in [4.69, 9.17) is 0 Å². The van der Waals surface area contributed by atoms with Gasteiger partial charge in [0.05, 0.1) is 0 Å². The summed E-state index contributed by atoms with van der Waals surface area (Å²) in [7, 11) is 0. The molecule has 1 saturated heterocycles. The zero-order valence-electron chi connectivity index (χ0n) is 10.9. The highest BCUT2D eigenvalue weighted by Crippen LogP contribution is 2.51. The van der Waals surface area contributed by atoms with Gasteiger partial charge in [-0.1, -0.05) is 26.7 Å². The van der Waals surface area contributed by atoms with E-state index in [2.05, 4.69) is 32.6 Å². The van der Waals surface area contributed by atoms with Crippen LogP contribution in [0.4, 0.5) is 0 Å². The van der Waals surface area contributed by atoms with E-state index in [1.54, 1.807) is 0 Å². The molecule has 1 heteroatoms. The maximum absolute atomic E-state index is 2.65. The number of hydrogen-bond donors (Lipinski definition) is 0. The molecule has 1 saturated carbocycles. The van der Waals surface area contributed by atoms with Gasteiger partial charge in [-0.25, -0.2) is 0 Å². The van der Waals surface area contributed by atoms with E-state index in [9.17, 15) is 0 Å². The summed E-state index contributed by atoms with van der Waals surface area (Å²) in [4.78, 5) is 2.65. The number of likely N-dealkylation sites (tertiary alicyclic amines) is 1. The molecule has 2 aliphatic rings. The maximum atomic E-state index is 2.65. The van der Waals surface area contributed by atoms with Gasteiger partial charge in [-0.2, -0.15) is 0 Å². The summed E-state index contributed by atoms with van der Waals surface area (Å²) < 4.78 is 0. The number of rotatable bonds is 2. The maximum Gasteiger partial charge on any atom is 0.00560 e. The van der Waals surface area contributed by atoms with Crippen LogP contribution >= 0.6 is 0 Å². The quantitative estimate of drug-likeness (QED) is 0.672. The van der Waals surface area contributed by atoms with Crippen LogP contribution in [0.1, 0.15) is 53.4 Å². The van der Waals surface area contributed by atoms with Crippen LogP contribution in [0.3, 0.4) is 0 Å². The first-order chi connectivity index (χ1) is 7.05. The zero-order valence-corrected chi connectivity index (χ0v) is 10.9. The first kappa shape index (κ1) is 11.4. The fraction of sp³-hybridized carbons (Fsp3) is 1.00. The molecule has 0 bridgehead atoms. The SMILES string of the molecule is CC(C)C1CCCCC12CN(C(C)C)C2. The summed E-state index contributed by atoms with van der Waals surface area (Å²) in [6, 6.07) is 0.755. The second-order valence-electron chi connectivity index (χ2n) is 6.46. The molecule has 1 spiro atoms. The molecule has 1 atom stereocenters. The Morgan fingerprint density at radius 1 is 1.07 bits per heavy atom. The van der Waals surface area contributed by atoms with Gasteiger partial charge in [-0.15, -0.1) is 0 Å². The van der Waals surface area contributed by atoms with Gasteiger partial charge >= 0.3 is 0 Å². The average molecular weight is 209 g/mol. The summed E-state index contributed by atoms with van der Waals surface area (Å²) in [6.45, 7) is 12.3. The predicted molar refractivity (Wildman–Crippen MR) is 65.9 cm³/mol. The third-order valence-corrected chi connectivity index (χ3v) is 4.80. The minimum absolute atomic E-state index is 0.719. The molecular formula is C14H27N. The minimum atomic E-state index is 0.719. The van der Waals surface area contributed by atoms with Crippen LogP contribution < -0.4 is 0 Å². The topological polar surface area (TPSA) is 3.24 Å². The van der Waals surface area contributed by atoms with Crippen LogP contribution in [-0.2, 0) is 0 Å². The fourth-order valence-corrected chi connectivity index (χ4v) is 3.89. The van der Waals surface area contributed by atoms with Crippen molar-refractivity contribution < 1.29 is 0 Å². The molecule has 0 N–H and O–H groups in total. The molecule has 1 aliphatic carbocycles. The summed E-state index contributed by atoms with van der Waals surface area (Å²) in [6.07, 6.45) is 5.95. The summed E-state index contributed by atoms with van der Waals surface area (Å²) in [5.41, 5.74) is 0.719. The third-order valence-electron chi connectivity index (χ3n) is 4.80. The molecule has 15 heavy (non-hydrogen) atoms. The highest BCUT2D eigenvalue weighted by atomic mass is 15.2. The molecule has 1 unspecified atom stereocenters. The molecule has 1 nitrogen and oxygen atoms in total. The summed E-state index contributed by atoms with van der Waals surface area (Å²) in [5, 5.41) is 0. The third kappa shape index (κ3) is 1.95. The normalized spacial score (nSPS) is 31.2. The molecule has 88 valence electrons. The first-order valence-corrected chi connectivity index (χ1v) is 6.79. The van der Waals surface area contributed by atoms with Crippen molar-refractivity contribution >= 4 is 0 Å².